The second-order valence-electron chi connectivity index (χ2n) is 4.31. The summed E-state index contributed by atoms with van der Waals surface area (Å²) in [5.74, 6) is 0.816. The van der Waals surface area contributed by atoms with Gasteiger partial charge in [0.2, 0.25) is 5.91 Å². The lowest BCUT2D eigenvalue weighted by molar-refractivity contribution is -0.123. The summed E-state index contributed by atoms with van der Waals surface area (Å²) in [7, 11) is 0. The Bertz CT molecular complexity index is 183. The van der Waals surface area contributed by atoms with Crippen LogP contribution >= 0.6 is 0 Å². The fourth-order valence-electron chi connectivity index (χ4n) is 1.26. The molecule has 3 N–H and O–H groups in total. The predicted molar refractivity (Wildman–Crippen MR) is 53.2 cm³/mol. The SMILES string of the molecule is CCC(C)(CN)NC(=O)CC1CC1. The van der Waals surface area contributed by atoms with E-state index in [2.05, 4.69) is 5.32 Å². The summed E-state index contributed by atoms with van der Waals surface area (Å²) in [4.78, 5) is 11.5. The van der Waals surface area contributed by atoms with Crippen molar-refractivity contribution in [2.45, 2.75) is 45.1 Å². The highest BCUT2D eigenvalue weighted by molar-refractivity contribution is 5.77. The first kappa shape index (κ1) is 10.5. The molecule has 0 bridgehead atoms. The van der Waals surface area contributed by atoms with Gasteiger partial charge in [-0.15, -0.1) is 0 Å². The number of rotatable bonds is 5. The van der Waals surface area contributed by atoms with Gasteiger partial charge < -0.3 is 11.1 Å². The molecule has 1 rings (SSSR count). The van der Waals surface area contributed by atoms with Crippen LogP contribution in [0.15, 0.2) is 0 Å². The Balaban J connectivity index is 2.31. The molecular formula is C10H20N2O. The first-order valence-corrected chi connectivity index (χ1v) is 5.10. The van der Waals surface area contributed by atoms with Crippen LogP contribution in [0.25, 0.3) is 0 Å². The van der Waals surface area contributed by atoms with E-state index in [0.29, 0.717) is 18.9 Å². The smallest absolute Gasteiger partial charge is 0.220 e. The van der Waals surface area contributed by atoms with E-state index in [4.69, 9.17) is 5.73 Å². The van der Waals surface area contributed by atoms with Gasteiger partial charge in [0, 0.05) is 18.5 Å². The molecule has 0 aromatic rings. The van der Waals surface area contributed by atoms with Crippen LogP contribution in [0.2, 0.25) is 0 Å². The number of hydrogen-bond acceptors (Lipinski definition) is 2. The van der Waals surface area contributed by atoms with Crippen LogP contribution in [-0.2, 0) is 4.79 Å². The summed E-state index contributed by atoms with van der Waals surface area (Å²) in [6.07, 6.45) is 4.02. The average molecular weight is 184 g/mol. The molecule has 76 valence electrons. The average Bonchev–Trinajstić information content (AvgIpc) is 2.88. The van der Waals surface area contributed by atoms with E-state index >= 15 is 0 Å². The zero-order valence-corrected chi connectivity index (χ0v) is 8.60. The Kier molecular flexibility index (Phi) is 3.31. The van der Waals surface area contributed by atoms with Crippen molar-refractivity contribution in [3.05, 3.63) is 0 Å². The van der Waals surface area contributed by atoms with Crippen LogP contribution in [0.4, 0.5) is 0 Å². The molecule has 1 unspecified atom stereocenters. The predicted octanol–water partition coefficient (Wildman–Crippen LogP) is 1.03. The maximum absolute atomic E-state index is 11.5. The van der Waals surface area contributed by atoms with E-state index in [1.807, 2.05) is 13.8 Å². The summed E-state index contributed by atoms with van der Waals surface area (Å²) in [6.45, 7) is 4.56. The van der Waals surface area contributed by atoms with Gasteiger partial charge in [-0.3, -0.25) is 4.79 Å². The van der Waals surface area contributed by atoms with Crippen LogP contribution in [0, 0.1) is 5.92 Å². The Hall–Kier alpha value is -0.570. The Morgan fingerprint density at radius 2 is 2.23 bits per heavy atom. The van der Waals surface area contributed by atoms with Gasteiger partial charge in [-0.25, -0.2) is 0 Å². The standard InChI is InChI=1S/C10H20N2O/c1-3-10(2,7-11)12-9(13)6-8-4-5-8/h8H,3-7,11H2,1-2H3,(H,12,13). The molecule has 13 heavy (non-hydrogen) atoms. The molecule has 0 saturated heterocycles. The van der Waals surface area contributed by atoms with Crippen LogP contribution in [0.3, 0.4) is 0 Å². The van der Waals surface area contributed by atoms with Gasteiger partial charge in [0.25, 0.3) is 0 Å². The van der Waals surface area contributed by atoms with Crippen molar-refractivity contribution >= 4 is 5.91 Å². The number of carbonyl (C=O) groups is 1. The molecule has 1 fully saturated rings. The monoisotopic (exact) mass is 184 g/mol. The van der Waals surface area contributed by atoms with Crippen molar-refractivity contribution in [2.75, 3.05) is 6.54 Å². The van der Waals surface area contributed by atoms with Gasteiger partial charge in [-0.05, 0) is 32.1 Å². The van der Waals surface area contributed by atoms with E-state index in [1.165, 1.54) is 12.8 Å². The number of nitrogens with two attached hydrogens (primary N) is 1. The highest BCUT2D eigenvalue weighted by Gasteiger charge is 2.28. The molecule has 1 amide bonds. The third-order valence-electron chi connectivity index (χ3n) is 2.84. The Morgan fingerprint density at radius 3 is 2.62 bits per heavy atom. The molecule has 0 heterocycles. The molecule has 1 aliphatic carbocycles. The Morgan fingerprint density at radius 1 is 1.62 bits per heavy atom. The van der Waals surface area contributed by atoms with Gasteiger partial charge in [0.1, 0.15) is 0 Å². The van der Waals surface area contributed by atoms with Crippen molar-refractivity contribution in [2.24, 2.45) is 11.7 Å². The van der Waals surface area contributed by atoms with Crippen LogP contribution < -0.4 is 11.1 Å². The summed E-state index contributed by atoms with van der Waals surface area (Å²) in [5, 5.41) is 3.00. The number of hydrogen-bond donors (Lipinski definition) is 2. The highest BCUT2D eigenvalue weighted by Crippen LogP contribution is 2.32. The van der Waals surface area contributed by atoms with E-state index in [0.717, 1.165) is 6.42 Å². The van der Waals surface area contributed by atoms with E-state index in [-0.39, 0.29) is 11.4 Å². The summed E-state index contributed by atoms with van der Waals surface area (Å²) < 4.78 is 0. The first-order chi connectivity index (χ1) is 6.09. The minimum absolute atomic E-state index is 0.164. The van der Waals surface area contributed by atoms with Gasteiger partial charge in [0.15, 0.2) is 0 Å². The lowest BCUT2D eigenvalue weighted by Gasteiger charge is -2.27. The van der Waals surface area contributed by atoms with Crippen LogP contribution in [0.5, 0.6) is 0 Å². The topological polar surface area (TPSA) is 55.1 Å². The van der Waals surface area contributed by atoms with Gasteiger partial charge >= 0.3 is 0 Å². The fraction of sp³-hybridized carbons (Fsp3) is 0.900. The van der Waals surface area contributed by atoms with Crippen molar-refractivity contribution in [3.63, 3.8) is 0 Å². The molecule has 1 atom stereocenters. The van der Waals surface area contributed by atoms with Gasteiger partial charge in [0.05, 0.1) is 0 Å². The van der Waals surface area contributed by atoms with Gasteiger partial charge in [-0.1, -0.05) is 6.92 Å². The molecule has 0 aromatic heterocycles. The zero-order chi connectivity index (χ0) is 9.90. The number of nitrogens with one attached hydrogen (secondary N) is 1. The molecule has 0 aromatic carbocycles. The lowest BCUT2D eigenvalue weighted by Crippen LogP contribution is -2.50. The van der Waals surface area contributed by atoms with Crippen LogP contribution in [-0.4, -0.2) is 18.0 Å². The third kappa shape index (κ3) is 3.35. The Labute approximate surface area is 80.1 Å². The molecule has 1 aliphatic rings. The maximum Gasteiger partial charge on any atom is 0.220 e. The first-order valence-electron chi connectivity index (χ1n) is 5.10. The summed E-state index contributed by atoms with van der Waals surface area (Å²) in [6, 6.07) is 0. The molecule has 0 spiro atoms. The fourth-order valence-corrected chi connectivity index (χ4v) is 1.26. The normalized spacial score (nSPS) is 20.8. The van der Waals surface area contributed by atoms with Gasteiger partial charge in [-0.2, -0.15) is 0 Å². The second kappa shape index (κ2) is 4.09. The molecule has 0 aliphatic heterocycles. The van der Waals surface area contributed by atoms with Crippen molar-refractivity contribution < 1.29 is 4.79 Å². The highest BCUT2D eigenvalue weighted by atomic mass is 16.1. The second-order valence-corrected chi connectivity index (χ2v) is 4.31. The summed E-state index contributed by atoms with van der Waals surface area (Å²) >= 11 is 0. The molecule has 3 heteroatoms. The number of carbonyl (C=O) groups excluding carboxylic acids is 1. The lowest BCUT2D eigenvalue weighted by atomic mass is 9.99. The molecular weight excluding hydrogens is 164 g/mol. The maximum atomic E-state index is 11.5. The minimum Gasteiger partial charge on any atom is -0.350 e. The minimum atomic E-state index is -0.202. The molecule has 1 saturated carbocycles. The summed E-state index contributed by atoms with van der Waals surface area (Å²) in [5.41, 5.74) is 5.40. The largest absolute Gasteiger partial charge is 0.350 e. The number of amides is 1. The molecule has 0 radical (unpaired) electrons. The quantitative estimate of drug-likeness (QED) is 0.670. The van der Waals surface area contributed by atoms with E-state index in [1.54, 1.807) is 0 Å². The van der Waals surface area contributed by atoms with Crippen molar-refractivity contribution in [1.82, 2.24) is 5.32 Å². The van der Waals surface area contributed by atoms with E-state index < -0.39 is 0 Å². The van der Waals surface area contributed by atoms with Crippen LogP contribution in [0.1, 0.15) is 39.5 Å². The molecule has 3 nitrogen and oxygen atoms in total. The van der Waals surface area contributed by atoms with Crippen molar-refractivity contribution in [1.29, 1.82) is 0 Å². The zero-order valence-electron chi connectivity index (χ0n) is 8.60. The van der Waals surface area contributed by atoms with E-state index in [9.17, 15) is 4.79 Å². The van der Waals surface area contributed by atoms with Crippen molar-refractivity contribution in [3.8, 4) is 0 Å². The third-order valence-corrected chi connectivity index (χ3v) is 2.84.